The van der Waals surface area contributed by atoms with Crippen molar-refractivity contribution in [2.24, 2.45) is 5.92 Å². The molecule has 0 saturated heterocycles. The lowest BCUT2D eigenvalue weighted by Gasteiger charge is -2.25. The summed E-state index contributed by atoms with van der Waals surface area (Å²) in [7, 11) is -3.50. The molecule has 0 radical (unpaired) electrons. The minimum absolute atomic E-state index is 0.142. The van der Waals surface area contributed by atoms with Crippen molar-refractivity contribution in [3.8, 4) is 0 Å². The second-order valence-corrected chi connectivity index (χ2v) is 7.07. The van der Waals surface area contributed by atoms with E-state index in [0.29, 0.717) is 18.0 Å². The van der Waals surface area contributed by atoms with E-state index in [9.17, 15) is 8.42 Å². The summed E-state index contributed by atoms with van der Waals surface area (Å²) in [6.45, 7) is 0.265. The van der Waals surface area contributed by atoms with E-state index in [-0.39, 0.29) is 16.5 Å². The molecule has 0 bridgehead atoms. The average molecular weight is 304 g/mol. The van der Waals surface area contributed by atoms with Crippen molar-refractivity contribution in [3.63, 3.8) is 0 Å². The van der Waals surface area contributed by atoms with E-state index in [2.05, 4.69) is 4.72 Å². The Labute approximate surface area is 118 Å². The van der Waals surface area contributed by atoms with Crippen LogP contribution in [0.4, 0.5) is 0 Å². The first-order chi connectivity index (χ1) is 9.03. The molecule has 0 aliphatic heterocycles. The van der Waals surface area contributed by atoms with Crippen LogP contribution in [0, 0.1) is 5.92 Å². The average Bonchev–Trinajstić information content (AvgIpc) is 2.32. The number of sulfonamides is 1. The van der Waals surface area contributed by atoms with E-state index in [4.69, 9.17) is 16.7 Å². The van der Waals surface area contributed by atoms with Gasteiger partial charge in [0.05, 0.1) is 11.5 Å². The molecular weight excluding hydrogens is 286 g/mol. The van der Waals surface area contributed by atoms with Crippen LogP contribution in [0.25, 0.3) is 0 Å². The topological polar surface area (TPSA) is 66.4 Å². The SMILES string of the molecule is O=S(=O)(NCCC1CCC1)c1ccc(CO)c(Cl)c1. The van der Waals surface area contributed by atoms with Crippen molar-refractivity contribution in [1.82, 2.24) is 4.72 Å². The van der Waals surface area contributed by atoms with Crippen LogP contribution in [-0.4, -0.2) is 20.1 Å². The van der Waals surface area contributed by atoms with Crippen LogP contribution in [0.1, 0.15) is 31.2 Å². The molecule has 1 saturated carbocycles. The maximum absolute atomic E-state index is 12.0. The molecule has 0 unspecified atom stereocenters. The number of aliphatic hydroxyl groups is 1. The molecule has 2 N–H and O–H groups in total. The van der Waals surface area contributed by atoms with E-state index in [1.807, 2.05) is 0 Å². The van der Waals surface area contributed by atoms with Crippen molar-refractivity contribution >= 4 is 21.6 Å². The van der Waals surface area contributed by atoms with Crippen LogP contribution in [0.2, 0.25) is 5.02 Å². The van der Waals surface area contributed by atoms with Gasteiger partial charge in [0.2, 0.25) is 10.0 Å². The Hall–Kier alpha value is -0.620. The Kier molecular flexibility index (Phi) is 4.84. The van der Waals surface area contributed by atoms with Crippen LogP contribution in [-0.2, 0) is 16.6 Å². The van der Waals surface area contributed by atoms with Crippen molar-refractivity contribution in [2.75, 3.05) is 6.54 Å². The summed E-state index contributed by atoms with van der Waals surface area (Å²) in [6, 6.07) is 4.37. The van der Waals surface area contributed by atoms with Crippen LogP contribution < -0.4 is 4.72 Å². The zero-order valence-electron chi connectivity index (χ0n) is 10.6. The minimum atomic E-state index is -3.50. The van der Waals surface area contributed by atoms with E-state index in [1.54, 1.807) is 0 Å². The van der Waals surface area contributed by atoms with Crippen molar-refractivity contribution in [2.45, 2.75) is 37.2 Å². The highest BCUT2D eigenvalue weighted by molar-refractivity contribution is 7.89. The number of rotatable bonds is 6. The maximum atomic E-state index is 12.0. The first-order valence-electron chi connectivity index (χ1n) is 6.42. The molecule has 0 aromatic heterocycles. The normalized spacial score (nSPS) is 16.3. The molecule has 1 fully saturated rings. The van der Waals surface area contributed by atoms with Gasteiger partial charge in [-0.1, -0.05) is 36.9 Å². The van der Waals surface area contributed by atoms with Gasteiger partial charge in [-0.2, -0.15) is 0 Å². The molecule has 0 amide bonds. The van der Waals surface area contributed by atoms with E-state index in [0.717, 1.165) is 6.42 Å². The highest BCUT2D eigenvalue weighted by Gasteiger charge is 2.19. The third-order valence-electron chi connectivity index (χ3n) is 3.57. The molecule has 0 heterocycles. The van der Waals surface area contributed by atoms with Crippen molar-refractivity contribution < 1.29 is 13.5 Å². The third kappa shape index (κ3) is 3.69. The first kappa shape index (κ1) is 14.8. The quantitative estimate of drug-likeness (QED) is 0.847. The number of aliphatic hydroxyl groups excluding tert-OH is 1. The standard InChI is InChI=1S/C13H18ClNO3S/c14-13-8-12(5-4-11(13)9-16)19(17,18)15-7-6-10-2-1-3-10/h4-5,8,10,15-16H,1-3,6-7,9H2. The lowest BCUT2D eigenvalue weighted by Crippen LogP contribution is -2.27. The molecule has 0 spiro atoms. The monoisotopic (exact) mass is 303 g/mol. The van der Waals surface area contributed by atoms with E-state index in [1.165, 1.54) is 37.5 Å². The highest BCUT2D eigenvalue weighted by atomic mass is 35.5. The second kappa shape index (κ2) is 6.22. The summed E-state index contributed by atoms with van der Waals surface area (Å²) in [6.07, 6.45) is 4.56. The molecule has 1 aromatic carbocycles. The number of halogens is 1. The van der Waals surface area contributed by atoms with E-state index < -0.39 is 10.0 Å². The van der Waals surface area contributed by atoms with Crippen molar-refractivity contribution in [3.05, 3.63) is 28.8 Å². The minimum Gasteiger partial charge on any atom is -0.392 e. The van der Waals surface area contributed by atoms with Gasteiger partial charge < -0.3 is 5.11 Å². The molecule has 106 valence electrons. The Bertz CT molecular complexity index is 541. The van der Waals surface area contributed by atoms with Gasteiger partial charge in [0, 0.05) is 11.6 Å². The fourth-order valence-electron chi connectivity index (χ4n) is 2.09. The Balaban J connectivity index is 1.99. The fraction of sp³-hybridized carbons (Fsp3) is 0.538. The summed E-state index contributed by atoms with van der Waals surface area (Å²) >= 11 is 5.90. The summed E-state index contributed by atoms with van der Waals surface area (Å²) in [5.41, 5.74) is 0.523. The van der Waals surface area contributed by atoms with Gasteiger partial charge in [-0.3, -0.25) is 0 Å². The summed E-state index contributed by atoms with van der Waals surface area (Å²) in [5.74, 6) is 0.669. The second-order valence-electron chi connectivity index (χ2n) is 4.89. The Morgan fingerprint density at radius 1 is 1.37 bits per heavy atom. The molecule has 4 nitrogen and oxygen atoms in total. The zero-order chi connectivity index (χ0) is 13.9. The number of benzene rings is 1. The highest BCUT2D eigenvalue weighted by Crippen LogP contribution is 2.29. The first-order valence-corrected chi connectivity index (χ1v) is 8.28. The van der Waals surface area contributed by atoms with Gasteiger partial charge >= 0.3 is 0 Å². The fourth-order valence-corrected chi connectivity index (χ4v) is 3.46. The van der Waals surface area contributed by atoms with E-state index >= 15 is 0 Å². The van der Waals surface area contributed by atoms with Crippen LogP contribution in [0.5, 0.6) is 0 Å². The summed E-state index contributed by atoms with van der Waals surface area (Å²) < 4.78 is 26.7. The van der Waals surface area contributed by atoms with Crippen LogP contribution in [0.3, 0.4) is 0 Å². The van der Waals surface area contributed by atoms with Gasteiger partial charge in [-0.25, -0.2) is 13.1 Å². The molecule has 2 rings (SSSR count). The summed E-state index contributed by atoms with van der Waals surface area (Å²) in [4.78, 5) is 0.142. The lowest BCUT2D eigenvalue weighted by atomic mass is 9.83. The van der Waals surface area contributed by atoms with Gasteiger partial charge in [-0.05, 0) is 30.0 Å². The van der Waals surface area contributed by atoms with Crippen LogP contribution in [0.15, 0.2) is 23.1 Å². The van der Waals surface area contributed by atoms with Gasteiger partial charge in [0.15, 0.2) is 0 Å². The lowest BCUT2D eigenvalue weighted by molar-refractivity contribution is 0.282. The number of hydrogen-bond donors (Lipinski definition) is 2. The van der Waals surface area contributed by atoms with Gasteiger partial charge in [0.1, 0.15) is 0 Å². The Morgan fingerprint density at radius 2 is 2.11 bits per heavy atom. The molecule has 1 aliphatic carbocycles. The smallest absolute Gasteiger partial charge is 0.240 e. The third-order valence-corrected chi connectivity index (χ3v) is 5.39. The van der Waals surface area contributed by atoms with Crippen molar-refractivity contribution in [1.29, 1.82) is 0 Å². The molecule has 0 atom stereocenters. The molecule has 1 aliphatic rings. The molecule has 1 aromatic rings. The Morgan fingerprint density at radius 3 is 2.63 bits per heavy atom. The van der Waals surface area contributed by atoms with Crippen LogP contribution >= 0.6 is 11.6 Å². The molecule has 6 heteroatoms. The number of hydrogen-bond acceptors (Lipinski definition) is 3. The number of nitrogens with one attached hydrogen (secondary N) is 1. The predicted octanol–water partition coefficient (Wildman–Crippen LogP) is 2.30. The maximum Gasteiger partial charge on any atom is 0.240 e. The van der Waals surface area contributed by atoms with Gasteiger partial charge in [0.25, 0.3) is 0 Å². The molecular formula is C13H18ClNO3S. The largest absolute Gasteiger partial charge is 0.392 e. The predicted molar refractivity (Wildman–Crippen MR) is 74.5 cm³/mol. The van der Waals surface area contributed by atoms with Gasteiger partial charge in [-0.15, -0.1) is 0 Å². The zero-order valence-corrected chi connectivity index (χ0v) is 12.2. The summed E-state index contributed by atoms with van der Waals surface area (Å²) in [5, 5.41) is 9.27. The molecule has 19 heavy (non-hydrogen) atoms.